The molecule has 6 heteroatoms. The normalized spacial score (nSPS) is 12.5. The molecule has 0 fully saturated rings. The molecule has 0 saturated heterocycles. The first kappa shape index (κ1) is 28.9. The Morgan fingerprint density at radius 1 is 0.442 bits per heavy atom. The summed E-state index contributed by atoms with van der Waals surface area (Å²) >= 11 is 0. The molecule has 5 heterocycles. The SMILES string of the molecule is c1cc2c(c(-c3ccncc3)c1)Oc1cc(-c3ccc(-n4c5ccccc5c5ccccc54)cc3)cc3c1B2c1cccc(-c2ccncc2)c1O3. The van der Waals surface area contributed by atoms with Gasteiger partial charge in [-0.2, -0.15) is 0 Å². The van der Waals surface area contributed by atoms with Crippen LogP contribution >= 0.6 is 0 Å². The number of nitrogens with zero attached hydrogens (tertiary/aromatic N) is 3. The number of para-hydroxylation sites is 4. The second-order valence-corrected chi connectivity index (χ2v) is 13.4. The van der Waals surface area contributed by atoms with Crippen molar-refractivity contribution in [3.05, 3.63) is 170 Å². The molecule has 0 unspecified atom stereocenters. The van der Waals surface area contributed by atoms with Crippen LogP contribution in [0.1, 0.15) is 0 Å². The molecule has 2 aliphatic rings. The molecule has 5 nitrogen and oxygen atoms in total. The highest BCUT2D eigenvalue weighted by molar-refractivity contribution is 6.98. The summed E-state index contributed by atoms with van der Waals surface area (Å²) in [5.74, 6) is 3.33. The third-order valence-corrected chi connectivity index (χ3v) is 10.6. The van der Waals surface area contributed by atoms with E-state index in [1.54, 1.807) is 0 Å². The fraction of sp³-hybridized carbons (Fsp3) is 0. The van der Waals surface area contributed by atoms with Crippen molar-refractivity contribution in [2.45, 2.75) is 0 Å². The van der Waals surface area contributed by atoms with Crippen LogP contribution in [0, 0.1) is 0 Å². The number of pyridine rings is 2. The van der Waals surface area contributed by atoms with Crippen LogP contribution in [0.5, 0.6) is 23.0 Å². The first-order chi connectivity index (χ1) is 25.8. The summed E-state index contributed by atoms with van der Waals surface area (Å²) in [7, 11) is 0. The van der Waals surface area contributed by atoms with Crippen molar-refractivity contribution in [1.29, 1.82) is 0 Å². The average Bonchev–Trinajstić information content (AvgIpc) is 3.55. The minimum atomic E-state index is -0.0761. The topological polar surface area (TPSA) is 49.2 Å². The Bertz CT molecular complexity index is 2680. The molecule has 11 rings (SSSR count). The van der Waals surface area contributed by atoms with E-state index in [0.717, 1.165) is 78.5 Å². The standard InChI is InChI=1S/C46H28BN3O2/c1-3-13-40-36(7-1)37-8-2-4-14-41(37)50(40)33-17-15-29(16-18-33)32-27-42-44-43(28-32)52-46-35(31-21-25-49-26-22-31)10-6-12-39(46)47(44)38-11-5-9-34(45(38)51-42)30-19-23-48-24-20-30/h1-28H. The summed E-state index contributed by atoms with van der Waals surface area (Å²) in [5.41, 5.74) is 13.1. The third kappa shape index (κ3) is 4.31. The Morgan fingerprint density at radius 2 is 0.942 bits per heavy atom. The summed E-state index contributed by atoms with van der Waals surface area (Å²) < 4.78 is 16.3. The van der Waals surface area contributed by atoms with Crippen molar-refractivity contribution in [3.8, 4) is 62.1 Å². The van der Waals surface area contributed by atoms with Gasteiger partial charge in [-0.05, 0) is 93.8 Å². The molecular weight excluding hydrogens is 637 g/mol. The molecule has 0 aliphatic carbocycles. The minimum Gasteiger partial charge on any atom is -0.458 e. The third-order valence-electron chi connectivity index (χ3n) is 10.6. The maximum Gasteiger partial charge on any atom is 0.260 e. The fourth-order valence-electron chi connectivity index (χ4n) is 8.23. The molecule has 52 heavy (non-hydrogen) atoms. The number of ether oxygens (including phenoxy) is 2. The van der Waals surface area contributed by atoms with Crippen molar-refractivity contribution in [3.63, 3.8) is 0 Å². The Hall–Kier alpha value is -6.92. The Kier molecular flexibility index (Phi) is 6.28. The highest BCUT2D eigenvalue weighted by Crippen LogP contribution is 2.43. The second kappa shape index (κ2) is 11.3. The van der Waals surface area contributed by atoms with Gasteiger partial charge in [0.15, 0.2) is 0 Å². The molecule has 242 valence electrons. The highest BCUT2D eigenvalue weighted by atomic mass is 16.5. The number of benzene rings is 6. The predicted molar refractivity (Wildman–Crippen MR) is 210 cm³/mol. The summed E-state index contributed by atoms with van der Waals surface area (Å²) in [6.45, 7) is -0.0761. The van der Waals surface area contributed by atoms with E-state index in [0.29, 0.717) is 0 Å². The smallest absolute Gasteiger partial charge is 0.260 e. The highest BCUT2D eigenvalue weighted by Gasteiger charge is 2.42. The van der Waals surface area contributed by atoms with Gasteiger partial charge in [-0.1, -0.05) is 84.9 Å². The van der Waals surface area contributed by atoms with Gasteiger partial charge in [0, 0.05) is 57.8 Å². The van der Waals surface area contributed by atoms with E-state index in [1.165, 1.54) is 21.8 Å². The molecule has 0 spiro atoms. The van der Waals surface area contributed by atoms with Gasteiger partial charge in [0.2, 0.25) is 0 Å². The number of aromatic nitrogens is 3. The molecule has 6 aromatic carbocycles. The Morgan fingerprint density at radius 3 is 1.46 bits per heavy atom. The van der Waals surface area contributed by atoms with Gasteiger partial charge in [-0.3, -0.25) is 9.97 Å². The van der Waals surface area contributed by atoms with E-state index < -0.39 is 0 Å². The first-order valence-corrected chi connectivity index (χ1v) is 17.5. The number of fused-ring (bicyclic) bond motifs is 7. The fourth-order valence-corrected chi connectivity index (χ4v) is 8.23. The zero-order chi connectivity index (χ0) is 34.2. The van der Waals surface area contributed by atoms with E-state index in [4.69, 9.17) is 9.47 Å². The molecule has 0 bridgehead atoms. The lowest BCUT2D eigenvalue weighted by molar-refractivity contribution is 0.466. The summed E-state index contributed by atoms with van der Waals surface area (Å²) in [4.78, 5) is 8.55. The molecule has 0 N–H and O–H groups in total. The van der Waals surface area contributed by atoms with E-state index >= 15 is 0 Å². The van der Waals surface area contributed by atoms with Gasteiger partial charge in [-0.15, -0.1) is 0 Å². The van der Waals surface area contributed by atoms with Crippen LogP contribution in [0.15, 0.2) is 170 Å². The van der Waals surface area contributed by atoms with Crippen molar-refractivity contribution < 1.29 is 9.47 Å². The molecule has 3 aromatic heterocycles. The van der Waals surface area contributed by atoms with Crippen LogP contribution < -0.4 is 25.9 Å². The quantitative estimate of drug-likeness (QED) is 0.176. The average molecular weight is 666 g/mol. The molecule has 0 atom stereocenters. The van der Waals surface area contributed by atoms with Crippen LogP contribution in [0.3, 0.4) is 0 Å². The van der Waals surface area contributed by atoms with Gasteiger partial charge in [-0.25, -0.2) is 0 Å². The monoisotopic (exact) mass is 665 g/mol. The van der Waals surface area contributed by atoms with Crippen LogP contribution in [0.25, 0.3) is 60.9 Å². The molecule has 0 amide bonds. The maximum absolute atomic E-state index is 6.97. The van der Waals surface area contributed by atoms with E-state index in [-0.39, 0.29) is 6.71 Å². The summed E-state index contributed by atoms with van der Waals surface area (Å²) in [6, 6.07) is 51.4. The first-order valence-electron chi connectivity index (χ1n) is 17.5. The lowest BCUT2D eigenvalue weighted by Crippen LogP contribution is -2.57. The van der Waals surface area contributed by atoms with Gasteiger partial charge in [0.1, 0.15) is 23.0 Å². The molecule has 0 radical (unpaired) electrons. The zero-order valence-electron chi connectivity index (χ0n) is 27.9. The van der Waals surface area contributed by atoms with Crippen LogP contribution in [-0.2, 0) is 0 Å². The number of hydrogen-bond acceptors (Lipinski definition) is 4. The van der Waals surface area contributed by atoms with Crippen molar-refractivity contribution in [2.24, 2.45) is 0 Å². The number of rotatable bonds is 4. The van der Waals surface area contributed by atoms with Crippen LogP contribution in [-0.4, -0.2) is 21.2 Å². The lowest BCUT2D eigenvalue weighted by atomic mass is 9.34. The second-order valence-electron chi connectivity index (χ2n) is 13.4. The minimum absolute atomic E-state index is 0.0761. The van der Waals surface area contributed by atoms with Crippen LogP contribution in [0.2, 0.25) is 0 Å². The number of hydrogen-bond donors (Lipinski definition) is 0. The van der Waals surface area contributed by atoms with Gasteiger partial charge < -0.3 is 14.0 Å². The van der Waals surface area contributed by atoms with E-state index in [2.05, 4.69) is 136 Å². The van der Waals surface area contributed by atoms with Crippen molar-refractivity contribution in [2.75, 3.05) is 0 Å². The van der Waals surface area contributed by atoms with Crippen molar-refractivity contribution >= 4 is 44.9 Å². The Balaban J connectivity index is 1.09. The van der Waals surface area contributed by atoms with E-state index in [1.807, 2.05) is 49.1 Å². The van der Waals surface area contributed by atoms with Gasteiger partial charge in [0.05, 0.1) is 11.0 Å². The predicted octanol–water partition coefficient (Wildman–Crippen LogP) is 9.30. The zero-order valence-corrected chi connectivity index (χ0v) is 27.9. The van der Waals surface area contributed by atoms with E-state index in [9.17, 15) is 0 Å². The maximum atomic E-state index is 6.97. The summed E-state index contributed by atoms with van der Waals surface area (Å²) in [5, 5.41) is 2.50. The van der Waals surface area contributed by atoms with Gasteiger partial charge >= 0.3 is 0 Å². The molecule has 9 aromatic rings. The molecule has 2 aliphatic heterocycles. The lowest BCUT2D eigenvalue weighted by Gasteiger charge is -2.35. The Labute approximate surface area is 300 Å². The molecular formula is C46H28BN3O2. The summed E-state index contributed by atoms with van der Waals surface area (Å²) in [6.07, 6.45) is 7.32. The largest absolute Gasteiger partial charge is 0.458 e. The van der Waals surface area contributed by atoms with Crippen molar-refractivity contribution in [1.82, 2.24) is 14.5 Å². The molecule has 0 saturated carbocycles. The van der Waals surface area contributed by atoms with Crippen LogP contribution in [0.4, 0.5) is 0 Å². The van der Waals surface area contributed by atoms with Gasteiger partial charge in [0.25, 0.3) is 6.71 Å².